The number of fused-ring (bicyclic) bond motifs is 2. The standard InChI is InChI=1S/C44H50FN5O5Si/c1-31-40(56(2,3)45)38(28-39(52)47(25-26-51)29-32-13-7-4-8-14-32)55-44(31)36-27-35(19-20-37(36)50(42(44)54)34-17-11-6-12-18-34)48-30-49(33-15-9-5-10-16-33)43(41(48)53)21-23-46-24-22-43/h4-20,27,31,38,40,46,51H,21-26,28-30H2,1-3H3/t31-,38+,40-,44+/m0/s1. The summed E-state index contributed by atoms with van der Waals surface area (Å²) < 4.78 is 23.8. The van der Waals surface area contributed by atoms with E-state index in [0.29, 0.717) is 55.2 Å². The number of carbonyl (C=O) groups excluding carboxylic acids is 3. The molecule has 4 aromatic rings. The zero-order valence-electron chi connectivity index (χ0n) is 32.2. The van der Waals surface area contributed by atoms with Crippen LogP contribution in [0.1, 0.15) is 37.3 Å². The molecule has 3 amide bonds. The zero-order chi connectivity index (χ0) is 39.2. The fourth-order valence-electron chi connectivity index (χ4n) is 9.85. The second kappa shape index (κ2) is 14.9. The molecule has 56 heavy (non-hydrogen) atoms. The Bertz CT molecular complexity index is 2080. The van der Waals surface area contributed by atoms with Crippen LogP contribution in [0.25, 0.3) is 0 Å². The first kappa shape index (κ1) is 38.0. The number of benzene rings is 4. The Kier molecular flexibility index (Phi) is 10.1. The van der Waals surface area contributed by atoms with Gasteiger partial charge in [0.25, 0.3) is 11.8 Å². The lowest BCUT2D eigenvalue weighted by molar-refractivity contribution is -0.149. The number of hydrogen-bond acceptors (Lipinski definition) is 7. The van der Waals surface area contributed by atoms with E-state index in [1.807, 2.05) is 121 Å². The van der Waals surface area contributed by atoms with E-state index >= 15 is 8.90 Å². The first-order valence-corrected chi connectivity index (χ1v) is 22.6. The molecule has 4 heterocycles. The average Bonchev–Trinajstić information content (AvgIpc) is 3.75. The van der Waals surface area contributed by atoms with Gasteiger partial charge in [-0.1, -0.05) is 73.7 Å². The fourth-order valence-corrected chi connectivity index (χ4v) is 12.3. The van der Waals surface area contributed by atoms with Crippen molar-refractivity contribution in [2.24, 2.45) is 5.92 Å². The Hall–Kier alpha value is -4.88. The van der Waals surface area contributed by atoms with Crippen molar-refractivity contribution in [3.8, 4) is 0 Å². The maximum Gasteiger partial charge on any atom is 0.268 e. The highest BCUT2D eigenvalue weighted by molar-refractivity contribution is 6.72. The summed E-state index contributed by atoms with van der Waals surface area (Å²) in [7, 11) is -3.61. The number of nitrogens with zero attached hydrogens (tertiary/aromatic N) is 4. The molecule has 0 aliphatic carbocycles. The number of piperidine rings is 1. The third-order valence-electron chi connectivity index (χ3n) is 12.4. The highest BCUT2D eigenvalue weighted by Crippen LogP contribution is 2.62. The lowest BCUT2D eigenvalue weighted by Gasteiger charge is -2.39. The van der Waals surface area contributed by atoms with Gasteiger partial charge in [0.1, 0.15) is 5.54 Å². The number of aliphatic hydroxyl groups excluding tert-OH is 1. The molecule has 0 radical (unpaired) electrons. The molecule has 0 bridgehead atoms. The van der Waals surface area contributed by atoms with Crippen LogP contribution < -0.4 is 20.0 Å². The lowest BCUT2D eigenvalue weighted by atomic mass is 9.82. The lowest BCUT2D eigenvalue weighted by Crippen LogP contribution is -2.55. The Morgan fingerprint density at radius 3 is 2.14 bits per heavy atom. The molecular weight excluding hydrogens is 726 g/mol. The minimum absolute atomic E-state index is 0.00233. The Balaban J connectivity index is 1.21. The molecule has 4 atom stereocenters. The van der Waals surface area contributed by atoms with Crippen LogP contribution in [-0.4, -0.2) is 80.7 Å². The van der Waals surface area contributed by atoms with Gasteiger partial charge in [-0.15, -0.1) is 0 Å². The third-order valence-corrected chi connectivity index (χ3v) is 14.9. The highest BCUT2D eigenvalue weighted by Gasteiger charge is 2.67. The van der Waals surface area contributed by atoms with Crippen LogP contribution in [0.4, 0.5) is 26.9 Å². The number of ether oxygens (including phenoxy) is 1. The van der Waals surface area contributed by atoms with E-state index in [-0.39, 0.29) is 43.8 Å². The number of aliphatic hydroxyl groups is 1. The fraction of sp³-hybridized carbons (Fsp3) is 0.386. The zero-order valence-corrected chi connectivity index (χ0v) is 33.2. The quantitative estimate of drug-likeness (QED) is 0.140. The number of amides is 3. The van der Waals surface area contributed by atoms with Crippen LogP contribution in [0.15, 0.2) is 109 Å². The van der Waals surface area contributed by atoms with Gasteiger partial charge in [-0.05, 0) is 87.1 Å². The van der Waals surface area contributed by atoms with Crippen LogP contribution in [0.2, 0.25) is 18.6 Å². The Morgan fingerprint density at radius 2 is 1.52 bits per heavy atom. The predicted octanol–water partition coefficient (Wildman–Crippen LogP) is 6.48. The SMILES string of the molecule is C[C@H]1[C@H]([Si](C)(C)F)[C@@H](CC(=O)N(CCO)Cc2ccccc2)O[C@]12C(=O)N(c1ccccc1)c1ccc(N3CN(c4ccccc4)C4(CCNCC4)C3=O)cc12. The molecule has 3 fully saturated rings. The monoisotopic (exact) mass is 775 g/mol. The second-order valence-electron chi connectivity index (χ2n) is 16.1. The first-order valence-electron chi connectivity index (χ1n) is 19.7. The molecule has 10 nitrogen and oxygen atoms in total. The van der Waals surface area contributed by atoms with Gasteiger partial charge in [-0.2, -0.15) is 0 Å². The summed E-state index contributed by atoms with van der Waals surface area (Å²) in [6.45, 7) is 7.04. The van der Waals surface area contributed by atoms with Crippen molar-refractivity contribution in [3.63, 3.8) is 0 Å². The van der Waals surface area contributed by atoms with Crippen LogP contribution in [0.5, 0.6) is 0 Å². The van der Waals surface area contributed by atoms with Gasteiger partial charge < -0.3 is 29.1 Å². The summed E-state index contributed by atoms with van der Waals surface area (Å²) >= 11 is 0. The Labute approximate surface area is 329 Å². The van der Waals surface area contributed by atoms with Crippen molar-refractivity contribution in [1.29, 1.82) is 0 Å². The molecule has 2 N–H and O–H groups in total. The molecule has 0 saturated carbocycles. The van der Waals surface area contributed by atoms with E-state index in [4.69, 9.17) is 4.74 Å². The number of nitrogens with one attached hydrogen (secondary N) is 1. The number of anilines is 4. The van der Waals surface area contributed by atoms with Gasteiger partial charge >= 0.3 is 0 Å². The summed E-state index contributed by atoms with van der Waals surface area (Å²) in [5.41, 5.74) is 1.26. The van der Waals surface area contributed by atoms with Gasteiger partial charge in [-0.3, -0.25) is 24.2 Å². The van der Waals surface area contributed by atoms with E-state index in [2.05, 4.69) is 10.2 Å². The molecule has 8 rings (SSSR count). The Morgan fingerprint density at radius 1 is 0.893 bits per heavy atom. The van der Waals surface area contributed by atoms with E-state index in [1.165, 1.54) is 0 Å². The second-order valence-corrected chi connectivity index (χ2v) is 19.9. The normalized spacial score (nSPS) is 24.4. The maximum absolute atomic E-state index is 16.8. The molecule has 292 valence electrons. The molecule has 2 spiro atoms. The number of hydrogen-bond donors (Lipinski definition) is 2. The summed E-state index contributed by atoms with van der Waals surface area (Å²) in [5.74, 6) is -1.27. The van der Waals surface area contributed by atoms with Crippen molar-refractivity contribution in [3.05, 3.63) is 120 Å². The number of carbonyl (C=O) groups is 3. The minimum atomic E-state index is -3.61. The highest BCUT2D eigenvalue weighted by atomic mass is 28.4. The van der Waals surface area contributed by atoms with Gasteiger partial charge in [0.15, 0.2) is 5.60 Å². The van der Waals surface area contributed by atoms with Crippen molar-refractivity contribution in [1.82, 2.24) is 10.2 Å². The number of para-hydroxylation sites is 2. The molecule has 4 aliphatic heterocycles. The topological polar surface area (TPSA) is 106 Å². The number of halogens is 1. The van der Waals surface area contributed by atoms with Crippen molar-refractivity contribution in [2.45, 2.75) is 68.6 Å². The summed E-state index contributed by atoms with van der Waals surface area (Å²) in [5, 5.41) is 13.3. The predicted molar refractivity (Wildman–Crippen MR) is 218 cm³/mol. The maximum atomic E-state index is 16.8. The molecule has 0 aromatic heterocycles. The van der Waals surface area contributed by atoms with Crippen molar-refractivity contribution >= 4 is 48.9 Å². The molecular formula is C44H50FN5O5Si. The molecule has 0 unspecified atom stereocenters. The molecule has 4 aliphatic rings. The molecule has 12 heteroatoms. The average molecular weight is 776 g/mol. The summed E-state index contributed by atoms with van der Waals surface area (Å²) in [6, 6.07) is 34.5. The van der Waals surface area contributed by atoms with E-state index in [9.17, 15) is 14.7 Å². The summed E-state index contributed by atoms with van der Waals surface area (Å²) in [6.07, 6.45) is 0.248. The van der Waals surface area contributed by atoms with Gasteiger partial charge in [-0.25, -0.2) is 0 Å². The molecule has 3 saturated heterocycles. The van der Waals surface area contributed by atoms with Crippen molar-refractivity contribution in [2.75, 3.05) is 47.6 Å². The van der Waals surface area contributed by atoms with Gasteiger partial charge in [0.2, 0.25) is 14.3 Å². The smallest absolute Gasteiger partial charge is 0.268 e. The van der Waals surface area contributed by atoms with Crippen LogP contribution >= 0.6 is 0 Å². The minimum Gasteiger partial charge on any atom is -0.395 e. The van der Waals surface area contributed by atoms with Crippen LogP contribution in [0, 0.1) is 5.92 Å². The van der Waals surface area contributed by atoms with Crippen LogP contribution in [-0.2, 0) is 31.3 Å². The summed E-state index contributed by atoms with van der Waals surface area (Å²) in [4.78, 5) is 51.3. The molecule has 4 aromatic carbocycles. The van der Waals surface area contributed by atoms with E-state index in [0.717, 1.165) is 11.3 Å². The third kappa shape index (κ3) is 6.32. The van der Waals surface area contributed by atoms with Gasteiger partial charge in [0.05, 0.1) is 31.5 Å². The van der Waals surface area contributed by atoms with Gasteiger partial charge in [0, 0.05) is 47.2 Å². The van der Waals surface area contributed by atoms with E-state index < -0.39 is 37.1 Å². The number of rotatable bonds is 10. The van der Waals surface area contributed by atoms with E-state index in [1.54, 1.807) is 22.9 Å². The van der Waals surface area contributed by atoms with Crippen molar-refractivity contribution < 1.29 is 28.3 Å². The first-order chi connectivity index (χ1) is 27.0. The van der Waals surface area contributed by atoms with Crippen LogP contribution in [0.3, 0.4) is 0 Å². The largest absolute Gasteiger partial charge is 0.395 e.